The zero-order valence-corrected chi connectivity index (χ0v) is 12.9. The maximum absolute atomic E-state index is 13.6. The first-order valence-corrected chi connectivity index (χ1v) is 7.74. The Kier molecular flexibility index (Phi) is 4.55. The summed E-state index contributed by atoms with van der Waals surface area (Å²) in [4.78, 5) is 13.3. The standard InChI is InChI=1S/C18H17ClFNO/c19-15-7-5-13(6-8-15)16-4-2-1-3-14(16)11-21-10-9-18(22)17(20)12-21/h1-8,17H,9-12H2. The van der Waals surface area contributed by atoms with Crippen molar-refractivity contribution in [1.82, 2.24) is 4.90 Å². The molecule has 0 aromatic heterocycles. The molecule has 0 saturated carbocycles. The number of piperidine rings is 1. The van der Waals surface area contributed by atoms with Gasteiger partial charge in [0.2, 0.25) is 0 Å². The summed E-state index contributed by atoms with van der Waals surface area (Å²) >= 11 is 5.94. The van der Waals surface area contributed by atoms with Gasteiger partial charge in [-0.2, -0.15) is 0 Å². The van der Waals surface area contributed by atoms with Crippen LogP contribution in [0.1, 0.15) is 12.0 Å². The van der Waals surface area contributed by atoms with Gasteiger partial charge in [0, 0.05) is 31.1 Å². The summed E-state index contributed by atoms with van der Waals surface area (Å²) in [6, 6.07) is 15.8. The van der Waals surface area contributed by atoms with E-state index in [-0.39, 0.29) is 12.3 Å². The minimum atomic E-state index is -1.35. The lowest BCUT2D eigenvalue weighted by Crippen LogP contribution is -2.41. The summed E-state index contributed by atoms with van der Waals surface area (Å²) in [5, 5.41) is 0.705. The van der Waals surface area contributed by atoms with Gasteiger partial charge in [-0.05, 0) is 28.8 Å². The molecule has 114 valence electrons. The molecule has 1 aliphatic rings. The number of carbonyl (C=O) groups excluding carboxylic acids is 1. The second-order valence-electron chi connectivity index (χ2n) is 5.58. The van der Waals surface area contributed by atoms with E-state index >= 15 is 0 Å². The third kappa shape index (κ3) is 3.37. The molecule has 0 N–H and O–H groups in total. The van der Waals surface area contributed by atoms with Crippen molar-refractivity contribution in [3.05, 3.63) is 59.1 Å². The zero-order chi connectivity index (χ0) is 15.5. The molecular formula is C18H17ClFNO. The summed E-state index contributed by atoms with van der Waals surface area (Å²) in [6.07, 6.45) is -1.05. The molecule has 0 bridgehead atoms. The number of halogens is 2. The molecule has 1 unspecified atom stereocenters. The molecule has 0 spiro atoms. The lowest BCUT2D eigenvalue weighted by molar-refractivity contribution is -0.127. The molecule has 3 rings (SSSR count). The first-order valence-electron chi connectivity index (χ1n) is 7.36. The molecule has 0 radical (unpaired) electrons. The normalized spacial score (nSPS) is 19.4. The van der Waals surface area contributed by atoms with Crippen LogP contribution in [0, 0.1) is 0 Å². The molecule has 4 heteroatoms. The topological polar surface area (TPSA) is 20.3 Å². The van der Waals surface area contributed by atoms with E-state index in [9.17, 15) is 9.18 Å². The number of alkyl halides is 1. The van der Waals surface area contributed by atoms with Crippen LogP contribution in [-0.2, 0) is 11.3 Å². The molecule has 2 aromatic carbocycles. The second-order valence-corrected chi connectivity index (χ2v) is 6.02. The number of benzene rings is 2. The number of likely N-dealkylation sites (tertiary alicyclic amines) is 1. The van der Waals surface area contributed by atoms with Crippen LogP contribution in [-0.4, -0.2) is 29.9 Å². The molecule has 1 atom stereocenters. The van der Waals surface area contributed by atoms with Crippen molar-refractivity contribution in [3.63, 3.8) is 0 Å². The monoisotopic (exact) mass is 317 g/mol. The molecule has 1 heterocycles. The van der Waals surface area contributed by atoms with E-state index in [0.717, 1.165) is 16.7 Å². The lowest BCUT2D eigenvalue weighted by Gasteiger charge is -2.28. The zero-order valence-electron chi connectivity index (χ0n) is 12.1. The van der Waals surface area contributed by atoms with Gasteiger partial charge in [0.15, 0.2) is 12.0 Å². The highest BCUT2D eigenvalue weighted by Crippen LogP contribution is 2.27. The smallest absolute Gasteiger partial charge is 0.171 e. The van der Waals surface area contributed by atoms with Crippen molar-refractivity contribution in [1.29, 1.82) is 0 Å². The predicted octanol–water partition coefficient (Wildman–Crippen LogP) is 4.12. The summed E-state index contributed by atoms with van der Waals surface area (Å²) < 4.78 is 13.6. The van der Waals surface area contributed by atoms with Crippen molar-refractivity contribution in [3.8, 4) is 11.1 Å². The Hall–Kier alpha value is -1.71. The number of nitrogens with zero attached hydrogens (tertiary/aromatic N) is 1. The van der Waals surface area contributed by atoms with Crippen LogP contribution in [0.3, 0.4) is 0 Å². The Morgan fingerprint density at radius 2 is 1.86 bits per heavy atom. The lowest BCUT2D eigenvalue weighted by atomic mass is 9.98. The van der Waals surface area contributed by atoms with E-state index in [1.165, 1.54) is 0 Å². The van der Waals surface area contributed by atoms with Crippen molar-refractivity contribution in [2.75, 3.05) is 13.1 Å². The van der Waals surface area contributed by atoms with E-state index in [4.69, 9.17) is 11.6 Å². The summed E-state index contributed by atoms with van der Waals surface area (Å²) in [5.41, 5.74) is 3.34. The predicted molar refractivity (Wildman–Crippen MR) is 86.7 cm³/mol. The van der Waals surface area contributed by atoms with Gasteiger partial charge >= 0.3 is 0 Å². The fourth-order valence-electron chi connectivity index (χ4n) is 2.80. The van der Waals surface area contributed by atoms with Crippen LogP contribution >= 0.6 is 11.6 Å². The van der Waals surface area contributed by atoms with Crippen molar-refractivity contribution in [2.24, 2.45) is 0 Å². The third-order valence-corrected chi connectivity index (χ3v) is 4.26. The number of Topliss-reactive ketones (excluding diaryl/α,β-unsaturated/α-hetero) is 1. The van der Waals surface area contributed by atoms with E-state index < -0.39 is 6.17 Å². The average molecular weight is 318 g/mol. The fourth-order valence-corrected chi connectivity index (χ4v) is 2.92. The Morgan fingerprint density at radius 1 is 1.14 bits per heavy atom. The van der Waals surface area contributed by atoms with E-state index in [2.05, 4.69) is 6.07 Å². The third-order valence-electron chi connectivity index (χ3n) is 4.01. The SMILES string of the molecule is O=C1CCN(Cc2ccccc2-c2ccc(Cl)cc2)CC1F. The highest BCUT2D eigenvalue weighted by Gasteiger charge is 2.26. The first kappa shape index (κ1) is 15.2. The molecule has 1 saturated heterocycles. The van der Waals surface area contributed by atoms with E-state index in [1.54, 1.807) is 0 Å². The van der Waals surface area contributed by atoms with Gasteiger partial charge in [-0.3, -0.25) is 9.69 Å². The maximum atomic E-state index is 13.6. The minimum absolute atomic E-state index is 0.188. The molecular weight excluding hydrogens is 301 g/mol. The summed E-state index contributed by atoms with van der Waals surface area (Å²) in [6.45, 7) is 1.45. The van der Waals surface area contributed by atoms with Gasteiger partial charge in [0.05, 0.1) is 0 Å². The van der Waals surface area contributed by atoms with Crippen LogP contribution in [0.4, 0.5) is 4.39 Å². The molecule has 2 aromatic rings. The van der Waals surface area contributed by atoms with E-state index in [0.29, 0.717) is 24.5 Å². The van der Waals surface area contributed by atoms with Gasteiger partial charge in [-0.1, -0.05) is 48.0 Å². The largest absolute Gasteiger partial charge is 0.296 e. The van der Waals surface area contributed by atoms with Gasteiger partial charge in [0.25, 0.3) is 0 Å². The minimum Gasteiger partial charge on any atom is -0.296 e. The van der Waals surface area contributed by atoms with Gasteiger partial charge in [-0.25, -0.2) is 4.39 Å². The average Bonchev–Trinajstić information content (AvgIpc) is 2.52. The van der Waals surface area contributed by atoms with Crippen LogP contribution < -0.4 is 0 Å². The second kappa shape index (κ2) is 6.59. The van der Waals surface area contributed by atoms with Crippen molar-refractivity contribution < 1.29 is 9.18 Å². The van der Waals surface area contributed by atoms with Gasteiger partial charge in [0.1, 0.15) is 0 Å². The van der Waals surface area contributed by atoms with E-state index in [1.807, 2.05) is 47.4 Å². The molecule has 0 amide bonds. The van der Waals surface area contributed by atoms with Crippen LogP contribution in [0.15, 0.2) is 48.5 Å². The van der Waals surface area contributed by atoms with Gasteiger partial charge in [-0.15, -0.1) is 0 Å². The number of ketones is 1. The van der Waals surface area contributed by atoms with Crippen molar-refractivity contribution in [2.45, 2.75) is 19.1 Å². The molecule has 0 aliphatic carbocycles. The summed E-state index contributed by atoms with van der Waals surface area (Å²) in [7, 11) is 0. The Bertz CT molecular complexity index is 671. The van der Waals surface area contributed by atoms with Crippen LogP contribution in [0.2, 0.25) is 5.02 Å². The highest BCUT2D eigenvalue weighted by molar-refractivity contribution is 6.30. The maximum Gasteiger partial charge on any atom is 0.171 e. The Labute approximate surface area is 134 Å². The fraction of sp³-hybridized carbons (Fsp3) is 0.278. The Morgan fingerprint density at radius 3 is 2.59 bits per heavy atom. The summed E-state index contributed by atoms with van der Waals surface area (Å²) in [5.74, 6) is -0.276. The Balaban J connectivity index is 1.82. The molecule has 1 fully saturated rings. The van der Waals surface area contributed by atoms with Crippen molar-refractivity contribution >= 4 is 17.4 Å². The number of hydrogen-bond acceptors (Lipinski definition) is 2. The van der Waals surface area contributed by atoms with Crippen LogP contribution in [0.25, 0.3) is 11.1 Å². The first-order chi connectivity index (χ1) is 10.6. The van der Waals surface area contributed by atoms with Crippen LogP contribution in [0.5, 0.6) is 0 Å². The number of hydrogen-bond donors (Lipinski definition) is 0. The molecule has 1 aliphatic heterocycles. The quantitative estimate of drug-likeness (QED) is 0.848. The molecule has 2 nitrogen and oxygen atoms in total. The number of carbonyl (C=O) groups is 1. The van der Waals surface area contributed by atoms with Gasteiger partial charge < -0.3 is 0 Å². The highest BCUT2D eigenvalue weighted by atomic mass is 35.5. The molecule has 22 heavy (non-hydrogen) atoms. The number of rotatable bonds is 3.